The van der Waals surface area contributed by atoms with Crippen molar-refractivity contribution in [2.75, 3.05) is 7.11 Å². The van der Waals surface area contributed by atoms with E-state index in [1.807, 2.05) is 0 Å². The zero-order valence-corrected chi connectivity index (χ0v) is 22.3. The number of hydrogen-bond donors (Lipinski definition) is 1. The van der Waals surface area contributed by atoms with Crippen LogP contribution in [0, 0.1) is 52.3 Å². The van der Waals surface area contributed by atoms with E-state index in [-0.39, 0.29) is 40.9 Å². The first kappa shape index (κ1) is 26.0. The van der Waals surface area contributed by atoms with E-state index in [2.05, 4.69) is 27.7 Å². The van der Waals surface area contributed by atoms with E-state index in [0.29, 0.717) is 41.9 Å². The summed E-state index contributed by atoms with van der Waals surface area (Å²) in [6.45, 7) is 11.1. The summed E-state index contributed by atoms with van der Waals surface area (Å²) in [7, 11) is 1.48. The fourth-order valence-electron chi connectivity index (χ4n) is 9.91. The Kier molecular flexibility index (Phi) is 7.45. The highest BCUT2D eigenvalue weighted by molar-refractivity contribution is 5.69. The monoisotopic (exact) mass is 476 g/mol. The third kappa shape index (κ3) is 4.22. The zero-order chi connectivity index (χ0) is 24.8. The molecule has 11 atom stereocenters. The van der Waals surface area contributed by atoms with Gasteiger partial charge in [0.05, 0.1) is 13.2 Å². The minimum Gasteiger partial charge on any atom is -0.469 e. The second-order valence-corrected chi connectivity index (χ2v) is 12.8. The topological polar surface area (TPSA) is 72.8 Å². The molecule has 0 bridgehead atoms. The molecule has 5 nitrogen and oxygen atoms in total. The molecule has 4 saturated carbocycles. The molecule has 0 spiro atoms. The Bertz CT molecular complexity index is 766. The molecule has 4 aliphatic carbocycles. The number of methoxy groups -OCH3 is 1. The van der Waals surface area contributed by atoms with Crippen LogP contribution in [0.15, 0.2) is 0 Å². The van der Waals surface area contributed by atoms with Gasteiger partial charge < -0.3 is 14.6 Å². The summed E-state index contributed by atoms with van der Waals surface area (Å²) in [6, 6.07) is 0. The Labute approximate surface area is 206 Å². The molecule has 34 heavy (non-hydrogen) atoms. The molecule has 1 unspecified atom stereocenters. The highest BCUT2D eigenvalue weighted by Crippen LogP contribution is 2.69. The number of esters is 2. The van der Waals surface area contributed by atoms with Crippen molar-refractivity contribution in [3.05, 3.63) is 0 Å². The molecule has 0 aromatic carbocycles. The highest BCUT2D eigenvalue weighted by atomic mass is 16.5. The van der Waals surface area contributed by atoms with Crippen molar-refractivity contribution in [2.24, 2.45) is 52.3 Å². The van der Waals surface area contributed by atoms with E-state index in [0.717, 1.165) is 32.1 Å². The van der Waals surface area contributed by atoms with Crippen molar-refractivity contribution in [3.63, 3.8) is 0 Å². The quantitative estimate of drug-likeness (QED) is 0.493. The lowest BCUT2D eigenvalue weighted by atomic mass is 9.41. The summed E-state index contributed by atoms with van der Waals surface area (Å²) in [5.41, 5.74) is 0.464. The number of ether oxygens (including phenoxy) is 2. The van der Waals surface area contributed by atoms with E-state index in [9.17, 15) is 14.7 Å². The van der Waals surface area contributed by atoms with Crippen molar-refractivity contribution in [1.82, 2.24) is 0 Å². The molecule has 0 aliphatic heterocycles. The third-order valence-electron chi connectivity index (χ3n) is 11.5. The number of aliphatic hydroxyl groups is 1. The van der Waals surface area contributed by atoms with E-state index in [1.54, 1.807) is 0 Å². The number of rotatable bonds is 6. The van der Waals surface area contributed by atoms with Crippen LogP contribution in [0.4, 0.5) is 0 Å². The maximum atomic E-state index is 11.9. The normalized spacial score (nSPS) is 46.6. The van der Waals surface area contributed by atoms with Gasteiger partial charge in [-0.05, 0) is 104 Å². The van der Waals surface area contributed by atoms with Gasteiger partial charge in [-0.3, -0.25) is 9.59 Å². The Morgan fingerprint density at radius 1 is 1.03 bits per heavy atom. The molecule has 4 fully saturated rings. The maximum absolute atomic E-state index is 11.9. The Morgan fingerprint density at radius 3 is 2.35 bits per heavy atom. The van der Waals surface area contributed by atoms with Gasteiger partial charge in [-0.15, -0.1) is 0 Å². The van der Waals surface area contributed by atoms with Crippen LogP contribution < -0.4 is 0 Å². The molecule has 4 aliphatic rings. The SMILES string of the molecule is CC[C@H]1[C@@H](O)[C@@H]2[C@H](CC[C@]3(C)[C@@H](C(C)CCC(=O)OC)CC[C@@H]23)[C@@]2(C)CC[C@@H](OC(C)=O)C[C@@H]12. The highest BCUT2D eigenvalue weighted by Gasteiger charge is 2.65. The standard InChI is InChI=1S/C29H48O5/c1-7-20-24-16-19(34-18(3)30)12-14-29(24,5)23-13-15-28(4)21(17(2)8-11-25(31)33-6)9-10-22(28)26(23)27(20)32/h17,19-24,26-27,32H,7-16H2,1-6H3/t17?,19-,20-,21-,22+,23+,24+,26+,27-,28-,29-/m1/s1. The number of hydrogen-bond acceptors (Lipinski definition) is 5. The molecule has 1 N–H and O–H groups in total. The van der Waals surface area contributed by atoms with Gasteiger partial charge >= 0.3 is 11.9 Å². The van der Waals surface area contributed by atoms with Crippen molar-refractivity contribution in [3.8, 4) is 0 Å². The molecule has 5 heteroatoms. The average Bonchev–Trinajstić information content (AvgIpc) is 3.15. The Hall–Kier alpha value is -1.10. The summed E-state index contributed by atoms with van der Waals surface area (Å²) in [5, 5.41) is 11.9. The summed E-state index contributed by atoms with van der Waals surface area (Å²) in [4.78, 5) is 23.4. The van der Waals surface area contributed by atoms with Gasteiger partial charge in [0.25, 0.3) is 0 Å². The van der Waals surface area contributed by atoms with Gasteiger partial charge in [-0.25, -0.2) is 0 Å². The smallest absolute Gasteiger partial charge is 0.305 e. The van der Waals surface area contributed by atoms with E-state index >= 15 is 0 Å². The van der Waals surface area contributed by atoms with Crippen LogP contribution in [0.25, 0.3) is 0 Å². The largest absolute Gasteiger partial charge is 0.469 e. The molecule has 194 valence electrons. The summed E-state index contributed by atoms with van der Waals surface area (Å²) >= 11 is 0. The van der Waals surface area contributed by atoms with Crippen LogP contribution in [0.1, 0.15) is 98.8 Å². The van der Waals surface area contributed by atoms with Gasteiger partial charge in [0.15, 0.2) is 0 Å². The van der Waals surface area contributed by atoms with E-state index in [4.69, 9.17) is 9.47 Å². The van der Waals surface area contributed by atoms with Gasteiger partial charge in [-0.1, -0.05) is 34.1 Å². The molecule has 0 heterocycles. The lowest BCUT2D eigenvalue weighted by Crippen LogP contribution is -2.62. The van der Waals surface area contributed by atoms with Crippen molar-refractivity contribution in [1.29, 1.82) is 0 Å². The molecular weight excluding hydrogens is 428 g/mol. The van der Waals surface area contributed by atoms with Crippen molar-refractivity contribution < 1.29 is 24.2 Å². The second kappa shape index (κ2) is 9.75. The molecule has 0 aromatic heterocycles. The van der Waals surface area contributed by atoms with Crippen molar-refractivity contribution >= 4 is 11.9 Å². The summed E-state index contributed by atoms with van der Waals surface area (Å²) in [6.07, 6.45) is 9.92. The molecule has 0 radical (unpaired) electrons. The summed E-state index contributed by atoms with van der Waals surface area (Å²) in [5.74, 6) is 3.01. The number of carbonyl (C=O) groups excluding carboxylic acids is 2. The zero-order valence-electron chi connectivity index (χ0n) is 22.3. The number of fused-ring (bicyclic) bond motifs is 5. The predicted octanol–water partition coefficient (Wildman–Crippen LogP) is 5.77. The lowest BCUT2D eigenvalue weighted by Gasteiger charge is -2.64. The van der Waals surface area contributed by atoms with Crippen LogP contribution in [0.3, 0.4) is 0 Å². The molecular formula is C29H48O5. The first-order valence-electron chi connectivity index (χ1n) is 14.0. The minimum atomic E-state index is -0.266. The van der Waals surface area contributed by atoms with E-state index in [1.165, 1.54) is 39.7 Å². The van der Waals surface area contributed by atoms with Gasteiger partial charge in [0, 0.05) is 13.3 Å². The summed E-state index contributed by atoms with van der Waals surface area (Å²) < 4.78 is 10.6. The number of carbonyl (C=O) groups is 2. The lowest BCUT2D eigenvalue weighted by molar-refractivity contribution is -0.207. The van der Waals surface area contributed by atoms with Crippen LogP contribution in [-0.2, 0) is 19.1 Å². The van der Waals surface area contributed by atoms with Gasteiger partial charge in [0.1, 0.15) is 6.10 Å². The first-order valence-corrected chi connectivity index (χ1v) is 14.0. The predicted molar refractivity (Wildman–Crippen MR) is 132 cm³/mol. The second-order valence-electron chi connectivity index (χ2n) is 12.8. The fraction of sp³-hybridized carbons (Fsp3) is 0.931. The Morgan fingerprint density at radius 2 is 1.71 bits per heavy atom. The van der Waals surface area contributed by atoms with Crippen LogP contribution >= 0.6 is 0 Å². The average molecular weight is 477 g/mol. The molecule has 4 rings (SSSR count). The molecule has 0 amide bonds. The van der Waals surface area contributed by atoms with Crippen LogP contribution in [0.5, 0.6) is 0 Å². The van der Waals surface area contributed by atoms with E-state index < -0.39 is 0 Å². The molecule has 0 saturated heterocycles. The fourth-order valence-corrected chi connectivity index (χ4v) is 9.91. The third-order valence-corrected chi connectivity index (χ3v) is 11.5. The molecule has 0 aromatic rings. The number of aliphatic hydroxyl groups excluding tert-OH is 1. The van der Waals surface area contributed by atoms with Gasteiger partial charge in [0.2, 0.25) is 0 Å². The maximum Gasteiger partial charge on any atom is 0.305 e. The van der Waals surface area contributed by atoms with Crippen LogP contribution in [0.2, 0.25) is 0 Å². The Balaban J connectivity index is 1.56. The van der Waals surface area contributed by atoms with Crippen LogP contribution in [-0.4, -0.2) is 36.4 Å². The van der Waals surface area contributed by atoms with Gasteiger partial charge in [-0.2, -0.15) is 0 Å². The minimum absolute atomic E-state index is 0.00810. The van der Waals surface area contributed by atoms with Crippen molar-refractivity contribution in [2.45, 2.75) is 111 Å². The first-order chi connectivity index (χ1) is 16.1.